The summed E-state index contributed by atoms with van der Waals surface area (Å²) >= 11 is 0. The van der Waals surface area contributed by atoms with Crippen LogP contribution in [0.1, 0.15) is 24.0 Å². The zero-order valence-electron chi connectivity index (χ0n) is 11.4. The maximum atomic E-state index is 12.8. The third-order valence-electron chi connectivity index (χ3n) is 3.47. The highest BCUT2D eigenvalue weighted by Crippen LogP contribution is 2.35. The maximum absolute atomic E-state index is 12.8. The van der Waals surface area contributed by atoms with E-state index in [1.807, 2.05) is 0 Å². The summed E-state index contributed by atoms with van der Waals surface area (Å²) < 4.78 is 27.2. The molecule has 0 aromatic heterocycles. The van der Waals surface area contributed by atoms with Gasteiger partial charge in [0.2, 0.25) is 10.0 Å². The highest BCUT2D eigenvalue weighted by molar-refractivity contribution is 7.89. The van der Waals surface area contributed by atoms with Crippen molar-refractivity contribution in [1.29, 1.82) is 0 Å². The third-order valence-corrected chi connectivity index (χ3v) is 5.68. The number of anilines is 1. The first-order chi connectivity index (χ1) is 8.89. The summed E-state index contributed by atoms with van der Waals surface area (Å²) in [6.07, 6.45) is 3.48. The van der Waals surface area contributed by atoms with Gasteiger partial charge in [-0.25, -0.2) is 8.42 Å². The molecule has 0 atom stereocenters. The SMILES string of the molecule is C=CCN(C1CC1)S(=O)(=O)c1c(C)ccc(N)c1C. The average Bonchev–Trinajstić information content (AvgIpc) is 3.15. The summed E-state index contributed by atoms with van der Waals surface area (Å²) in [6.45, 7) is 7.56. The van der Waals surface area contributed by atoms with Gasteiger partial charge < -0.3 is 5.73 Å². The second-order valence-corrected chi connectivity index (χ2v) is 6.85. The van der Waals surface area contributed by atoms with Crippen molar-refractivity contribution in [3.8, 4) is 0 Å². The minimum absolute atomic E-state index is 0.114. The smallest absolute Gasteiger partial charge is 0.244 e. The van der Waals surface area contributed by atoms with Gasteiger partial charge in [-0.2, -0.15) is 4.31 Å². The predicted octanol–water partition coefficient (Wildman–Crippen LogP) is 2.22. The Kier molecular flexibility index (Phi) is 3.69. The van der Waals surface area contributed by atoms with Gasteiger partial charge in [-0.3, -0.25) is 0 Å². The van der Waals surface area contributed by atoms with E-state index in [9.17, 15) is 8.42 Å². The molecule has 1 aromatic carbocycles. The van der Waals surface area contributed by atoms with E-state index >= 15 is 0 Å². The van der Waals surface area contributed by atoms with Crippen LogP contribution in [0.15, 0.2) is 29.7 Å². The fourth-order valence-corrected chi connectivity index (χ4v) is 4.41. The Bertz CT molecular complexity index is 604. The Balaban J connectivity index is 2.55. The van der Waals surface area contributed by atoms with Crippen LogP contribution in [0.3, 0.4) is 0 Å². The molecule has 0 saturated heterocycles. The first kappa shape index (κ1) is 14.1. The molecule has 1 saturated carbocycles. The second kappa shape index (κ2) is 4.98. The van der Waals surface area contributed by atoms with Gasteiger partial charge in [0.05, 0.1) is 4.90 Å². The first-order valence-corrected chi connectivity index (χ1v) is 7.82. The largest absolute Gasteiger partial charge is 0.398 e. The lowest BCUT2D eigenvalue weighted by molar-refractivity contribution is 0.435. The molecule has 4 nitrogen and oxygen atoms in total. The van der Waals surface area contributed by atoms with Crippen LogP contribution in [-0.4, -0.2) is 25.3 Å². The Morgan fingerprint density at radius 3 is 2.58 bits per heavy atom. The third kappa shape index (κ3) is 2.53. The summed E-state index contributed by atoms with van der Waals surface area (Å²) in [7, 11) is -3.50. The van der Waals surface area contributed by atoms with E-state index in [2.05, 4.69) is 6.58 Å². The zero-order chi connectivity index (χ0) is 14.2. The maximum Gasteiger partial charge on any atom is 0.244 e. The highest BCUT2D eigenvalue weighted by atomic mass is 32.2. The van der Waals surface area contributed by atoms with Crippen molar-refractivity contribution >= 4 is 15.7 Å². The van der Waals surface area contributed by atoms with Gasteiger partial charge in [0.1, 0.15) is 0 Å². The van der Waals surface area contributed by atoms with Gasteiger partial charge >= 0.3 is 0 Å². The minimum atomic E-state index is -3.50. The van der Waals surface area contributed by atoms with Crippen LogP contribution in [0.5, 0.6) is 0 Å². The number of nitrogen functional groups attached to an aromatic ring is 1. The van der Waals surface area contributed by atoms with E-state index in [0.29, 0.717) is 22.7 Å². The van der Waals surface area contributed by atoms with E-state index in [0.717, 1.165) is 18.4 Å². The lowest BCUT2D eigenvalue weighted by Crippen LogP contribution is -2.34. The van der Waals surface area contributed by atoms with Gasteiger partial charge in [0.25, 0.3) is 0 Å². The lowest BCUT2D eigenvalue weighted by atomic mass is 10.1. The topological polar surface area (TPSA) is 63.4 Å². The molecular weight excluding hydrogens is 260 g/mol. The summed E-state index contributed by atoms with van der Waals surface area (Å²) in [5.74, 6) is 0. The monoisotopic (exact) mass is 280 g/mol. The van der Waals surface area contributed by atoms with Crippen molar-refractivity contribution in [3.05, 3.63) is 35.9 Å². The Morgan fingerprint density at radius 2 is 2.05 bits per heavy atom. The van der Waals surface area contributed by atoms with Crippen LogP contribution in [-0.2, 0) is 10.0 Å². The normalized spacial score (nSPS) is 15.7. The van der Waals surface area contributed by atoms with Crippen molar-refractivity contribution in [2.24, 2.45) is 0 Å². The van der Waals surface area contributed by atoms with E-state index in [4.69, 9.17) is 5.73 Å². The number of hydrogen-bond acceptors (Lipinski definition) is 3. The molecule has 0 bridgehead atoms. The molecule has 5 heteroatoms. The van der Waals surface area contributed by atoms with Gasteiger partial charge in [-0.1, -0.05) is 12.1 Å². The summed E-state index contributed by atoms with van der Waals surface area (Å²) in [5.41, 5.74) is 7.73. The van der Waals surface area contributed by atoms with E-state index in [1.165, 1.54) is 4.31 Å². The van der Waals surface area contributed by atoms with E-state index in [1.54, 1.807) is 32.1 Å². The van der Waals surface area contributed by atoms with Crippen LogP contribution in [0, 0.1) is 13.8 Å². The predicted molar refractivity (Wildman–Crippen MR) is 77.4 cm³/mol. The molecular formula is C14H20N2O2S. The molecule has 0 heterocycles. The number of hydrogen-bond donors (Lipinski definition) is 1. The van der Waals surface area contributed by atoms with Crippen molar-refractivity contribution in [3.63, 3.8) is 0 Å². The molecule has 0 spiro atoms. The minimum Gasteiger partial charge on any atom is -0.398 e. The highest BCUT2D eigenvalue weighted by Gasteiger charge is 2.38. The molecule has 1 aliphatic carbocycles. The fraction of sp³-hybridized carbons (Fsp3) is 0.429. The van der Waals surface area contributed by atoms with Crippen molar-refractivity contribution in [2.45, 2.75) is 37.6 Å². The first-order valence-electron chi connectivity index (χ1n) is 6.38. The quantitative estimate of drug-likeness (QED) is 0.664. The number of aryl methyl sites for hydroxylation is 1. The number of rotatable bonds is 5. The molecule has 2 N–H and O–H groups in total. The average molecular weight is 280 g/mol. The van der Waals surface area contributed by atoms with Gasteiger partial charge in [-0.15, -0.1) is 6.58 Å². The molecule has 0 amide bonds. The molecule has 2 rings (SSSR count). The van der Waals surface area contributed by atoms with Crippen LogP contribution >= 0.6 is 0 Å². The van der Waals surface area contributed by atoms with Crippen LogP contribution < -0.4 is 5.73 Å². The van der Waals surface area contributed by atoms with Gasteiger partial charge in [0, 0.05) is 18.3 Å². The summed E-state index contributed by atoms with van der Waals surface area (Å²) in [6, 6.07) is 3.62. The Morgan fingerprint density at radius 1 is 1.42 bits per heavy atom. The second-order valence-electron chi connectivity index (χ2n) is 5.02. The van der Waals surface area contributed by atoms with Crippen molar-refractivity contribution < 1.29 is 8.42 Å². The number of benzene rings is 1. The van der Waals surface area contributed by atoms with Crippen molar-refractivity contribution in [1.82, 2.24) is 4.31 Å². The van der Waals surface area contributed by atoms with Crippen LogP contribution in [0.25, 0.3) is 0 Å². The number of sulfonamides is 1. The molecule has 1 aromatic rings. The number of nitrogens with two attached hydrogens (primary N) is 1. The number of nitrogens with zero attached hydrogens (tertiary/aromatic N) is 1. The molecule has 1 aliphatic rings. The van der Waals surface area contributed by atoms with Crippen molar-refractivity contribution in [2.75, 3.05) is 12.3 Å². The molecule has 19 heavy (non-hydrogen) atoms. The van der Waals surface area contributed by atoms with Crippen LogP contribution in [0.2, 0.25) is 0 Å². The Labute approximate surface area is 115 Å². The zero-order valence-corrected chi connectivity index (χ0v) is 12.2. The fourth-order valence-electron chi connectivity index (χ4n) is 2.29. The lowest BCUT2D eigenvalue weighted by Gasteiger charge is -2.23. The molecule has 1 fully saturated rings. The molecule has 0 aliphatic heterocycles. The molecule has 0 unspecified atom stereocenters. The van der Waals surface area contributed by atoms with Crippen LogP contribution in [0.4, 0.5) is 5.69 Å². The standard InChI is InChI=1S/C14H20N2O2S/c1-4-9-16(12-6-7-12)19(17,18)14-10(2)5-8-13(15)11(14)3/h4-5,8,12H,1,6-7,9,15H2,2-3H3. The Hall–Kier alpha value is -1.33. The molecule has 104 valence electrons. The van der Waals surface area contributed by atoms with E-state index < -0.39 is 10.0 Å². The van der Waals surface area contributed by atoms with E-state index in [-0.39, 0.29) is 6.04 Å². The van der Waals surface area contributed by atoms with Gasteiger partial charge in [0.15, 0.2) is 0 Å². The summed E-state index contributed by atoms with van der Waals surface area (Å²) in [4.78, 5) is 0.348. The molecule has 0 radical (unpaired) electrons. The van der Waals surface area contributed by atoms with Gasteiger partial charge in [-0.05, 0) is 43.9 Å². The summed E-state index contributed by atoms with van der Waals surface area (Å²) in [5, 5.41) is 0.